The van der Waals surface area contributed by atoms with E-state index in [0.717, 1.165) is 16.7 Å². The summed E-state index contributed by atoms with van der Waals surface area (Å²) < 4.78 is 8.45. The third-order valence-corrected chi connectivity index (χ3v) is 11.9. The second-order valence-corrected chi connectivity index (χ2v) is 14.0. The molecule has 1 N–H and O–H groups in total. The van der Waals surface area contributed by atoms with Crippen molar-refractivity contribution < 1.29 is 19.1 Å². The summed E-state index contributed by atoms with van der Waals surface area (Å²) >= 11 is 0. The molecule has 1 aromatic carbocycles. The first-order valence-electron chi connectivity index (χ1n) is 9.98. The Bertz CT molecular complexity index is 874. The second-order valence-electron chi connectivity index (χ2n) is 8.60. The molecule has 2 aromatic rings. The number of ketones is 1. The van der Waals surface area contributed by atoms with Gasteiger partial charge in [0, 0.05) is 22.2 Å². The van der Waals surface area contributed by atoms with Crippen molar-refractivity contribution in [3.8, 4) is 5.75 Å². The summed E-state index contributed by atoms with van der Waals surface area (Å²) in [5, 5.41) is 10.0. The highest BCUT2D eigenvalue weighted by Gasteiger charge is 2.47. The molecule has 2 rings (SSSR count). The smallest absolute Gasteiger partial charge is 0.323 e. The molecule has 0 aliphatic rings. The van der Waals surface area contributed by atoms with Gasteiger partial charge in [0.1, 0.15) is 12.3 Å². The topological polar surface area (TPSA) is 68.5 Å². The molecular weight excluding hydrogens is 370 g/mol. The van der Waals surface area contributed by atoms with E-state index in [1.807, 2.05) is 18.2 Å². The summed E-state index contributed by atoms with van der Waals surface area (Å²) in [5.41, 5.74) is 3.33. The Morgan fingerprint density at radius 1 is 1.07 bits per heavy atom. The van der Waals surface area contributed by atoms with E-state index in [2.05, 4.69) is 41.5 Å². The second kappa shape index (κ2) is 8.11. The molecule has 0 saturated heterocycles. The van der Waals surface area contributed by atoms with Gasteiger partial charge in [-0.15, -0.1) is 0 Å². The fourth-order valence-electron chi connectivity index (χ4n) is 4.87. The van der Waals surface area contributed by atoms with Gasteiger partial charge in [0.15, 0.2) is 5.78 Å². The number of carbonyl (C=O) groups is 2. The van der Waals surface area contributed by atoms with E-state index in [1.54, 1.807) is 11.5 Å². The number of carboxylic acid groups (broad SMARTS) is 1. The SMILES string of the molecule is CC(=O)c1c(C)n(CC(=O)O)c2ccc(O[Si](C(C)C)(C(C)C)C(C)C)cc12. The van der Waals surface area contributed by atoms with Gasteiger partial charge in [-0.05, 0) is 48.7 Å². The summed E-state index contributed by atoms with van der Waals surface area (Å²) in [6, 6.07) is 5.72. The molecular formula is C22H33NO4Si. The van der Waals surface area contributed by atoms with Crippen molar-refractivity contribution in [3.05, 3.63) is 29.5 Å². The Kier molecular flexibility index (Phi) is 6.43. The molecule has 1 heterocycles. The molecule has 0 spiro atoms. The van der Waals surface area contributed by atoms with Gasteiger partial charge in [-0.2, -0.15) is 0 Å². The first kappa shape index (κ1) is 22.2. The van der Waals surface area contributed by atoms with Crippen LogP contribution in [-0.4, -0.2) is 29.7 Å². The Hall–Kier alpha value is -2.08. The molecule has 0 aliphatic heterocycles. The van der Waals surface area contributed by atoms with E-state index in [-0.39, 0.29) is 12.3 Å². The summed E-state index contributed by atoms with van der Waals surface area (Å²) in [6.45, 7) is 16.6. The van der Waals surface area contributed by atoms with Crippen LogP contribution in [0.4, 0.5) is 0 Å². The molecule has 0 unspecified atom stereocenters. The van der Waals surface area contributed by atoms with Crippen LogP contribution in [0.1, 0.15) is 64.5 Å². The van der Waals surface area contributed by atoms with Gasteiger partial charge < -0.3 is 14.1 Å². The fourth-order valence-corrected chi connectivity index (χ4v) is 10.1. The number of hydrogen-bond acceptors (Lipinski definition) is 3. The zero-order chi connectivity index (χ0) is 21.4. The number of nitrogens with zero attached hydrogens (tertiary/aromatic N) is 1. The summed E-state index contributed by atoms with van der Waals surface area (Å²) in [5.74, 6) is -0.226. The Morgan fingerprint density at radius 3 is 2.04 bits per heavy atom. The highest BCUT2D eigenvalue weighted by molar-refractivity contribution is 6.78. The molecule has 0 bridgehead atoms. The summed E-state index contributed by atoms with van der Waals surface area (Å²) in [4.78, 5) is 23.6. The average molecular weight is 404 g/mol. The predicted octanol–water partition coefficient (Wildman–Crippen LogP) is 5.79. The molecule has 0 radical (unpaired) electrons. The lowest BCUT2D eigenvalue weighted by atomic mass is 10.1. The standard InChI is InChI=1S/C22H33NO4Si/c1-13(2)28(14(3)4,15(5)6)27-18-9-10-20-19(11-18)22(17(8)24)16(7)23(20)12-21(25)26/h9-11,13-15H,12H2,1-8H3,(H,25,26). The molecule has 0 amide bonds. The highest BCUT2D eigenvalue weighted by atomic mass is 28.4. The van der Waals surface area contributed by atoms with Crippen LogP contribution in [-0.2, 0) is 11.3 Å². The van der Waals surface area contributed by atoms with Crippen molar-refractivity contribution in [2.45, 2.75) is 78.6 Å². The van der Waals surface area contributed by atoms with Crippen LogP contribution < -0.4 is 4.43 Å². The van der Waals surface area contributed by atoms with Crippen molar-refractivity contribution in [3.63, 3.8) is 0 Å². The van der Waals surface area contributed by atoms with Gasteiger partial charge in [0.05, 0.1) is 0 Å². The average Bonchev–Trinajstić information content (AvgIpc) is 2.82. The van der Waals surface area contributed by atoms with E-state index in [9.17, 15) is 14.7 Å². The minimum absolute atomic E-state index is 0.0659. The van der Waals surface area contributed by atoms with Crippen molar-refractivity contribution >= 4 is 31.0 Å². The largest absolute Gasteiger partial charge is 0.543 e. The number of carboxylic acids is 1. The maximum atomic E-state index is 12.3. The van der Waals surface area contributed by atoms with Gasteiger partial charge in [-0.25, -0.2) is 0 Å². The van der Waals surface area contributed by atoms with Crippen molar-refractivity contribution in [2.24, 2.45) is 0 Å². The lowest BCUT2D eigenvalue weighted by molar-refractivity contribution is -0.137. The Balaban J connectivity index is 2.67. The van der Waals surface area contributed by atoms with E-state index in [4.69, 9.17) is 4.43 Å². The van der Waals surface area contributed by atoms with Crippen LogP contribution in [0.5, 0.6) is 5.75 Å². The minimum atomic E-state index is -2.12. The van der Waals surface area contributed by atoms with Crippen molar-refractivity contribution in [1.29, 1.82) is 0 Å². The summed E-state index contributed by atoms with van der Waals surface area (Å²) in [6.07, 6.45) is 0. The van der Waals surface area contributed by atoms with Crippen LogP contribution in [0.3, 0.4) is 0 Å². The van der Waals surface area contributed by atoms with Crippen LogP contribution in [0, 0.1) is 6.92 Å². The molecule has 0 saturated carbocycles. The number of fused-ring (bicyclic) bond motifs is 1. The first-order chi connectivity index (χ1) is 12.9. The van der Waals surface area contributed by atoms with Gasteiger partial charge in [-0.1, -0.05) is 41.5 Å². The third-order valence-electron chi connectivity index (χ3n) is 5.94. The maximum Gasteiger partial charge on any atom is 0.323 e. The predicted molar refractivity (Wildman–Crippen MR) is 116 cm³/mol. The Labute approximate surface area is 168 Å². The number of carbonyl (C=O) groups excluding carboxylic acids is 1. The van der Waals surface area contributed by atoms with Gasteiger partial charge >= 0.3 is 5.97 Å². The Morgan fingerprint density at radius 2 is 1.61 bits per heavy atom. The lowest BCUT2D eigenvalue weighted by Gasteiger charge is -2.42. The number of aliphatic carboxylic acids is 1. The molecule has 0 aliphatic carbocycles. The van der Waals surface area contributed by atoms with Gasteiger partial charge in [-0.3, -0.25) is 9.59 Å². The van der Waals surface area contributed by atoms with Crippen molar-refractivity contribution in [1.82, 2.24) is 4.57 Å². The number of aromatic nitrogens is 1. The third kappa shape index (κ3) is 3.74. The van der Waals surface area contributed by atoms with E-state index < -0.39 is 14.3 Å². The number of hydrogen-bond donors (Lipinski definition) is 1. The fraction of sp³-hybridized carbons (Fsp3) is 0.545. The first-order valence-corrected chi connectivity index (χ1v) is 12.1. The highest BCUT2D eigenvalue weighted by Crippen LogP contribution is 2.43. The van der Waals surface area contributed by atoms with Crippen LogP contribution in [0.2, 0.25) is 16.6 Å². The van der Waals surface area contributed by atoms with Gasteiger partial charge in [0.25, 0.3) is 8.32 Å². The molecule has 5 nitrogen and oxygen atoms in total. The van der Waals surface area contributed by atoms with E-state index in [1.165, 1.54) is 6.92 Å². The van der Waals surface area contributed by atoms with E-state index >= 15 is 0 Å². The maximum absolute atomic E-state index is 12.3. The molecule has 28 heavy (non-hydrogen) atoms. The minimum Gasteiger partial charge on any atom is -0.543 e. The van der Waals surface area contributed by atoms with Crippen LogP contribution in [0.15, 0.2) is 18.2 Å². The monoisotopic (exact) mass is 403 g/mol. The molecule has 0 fully saturated rings. The summed E-state index contributed by atoms with van der Waals surface area (Å²) in [7, 11) is -2.12. The zero-order valence-corrected chi connectivity index (χ0v) is 19.3. The van der Waals surface area contributed by atoms with Crippen LogP contribution >= 0.6 is 0 Å². The lowest BCUT2D eigenvalue weighted by Crippen LogP contribution is -2.50. The normalized spacial score (nSPS) is 12.4. The van der Waals surface area contributed by atoms with Crippen molar-refractivity contribution in [2.75, 3.05) is 0 Å². The van der Waals surface area contributed by atoms with E-state index in [0.29, 0.717) is 27.9 Å². The quantitative estimate of drug-likeness (QED) is 0.447. The zero-order valence-electron chi connectivity index (χ0n) is 18.3. The molecule has 154 valence electrons. The number of rotatable bonds is 8. The molecule has 6 heteroatoms. The van der Waals surface area contributed by atoms with Gasteiger partial charge in [0.2, 0.25) is 0 Å². The number of Topliss-reactive ketones (excluding diaryl/α,β-unsaturated/α-hetero) is 1. The number of benzene rings is 1. The molecule has 1 aromatic heterocycles. The molecule has 0 atom stereocenters. The van der Waals surface area contributed by atoms with Crippen LogP contribution in [0.25, 0.3) is 10.9 Å².